The first-order valence-electron chi connectivity index (χ1n) is 37.4. The zero-order valence-corrected chi connectivity index (χ0v) is 67.3. The summed E-state index contributed by atoms with van der Waals surface area (Å²) in [6, 6.07) is -3.59. The molecular formula is C71H112N24O20S2. The number of aliphatic carboxylic acids is 1. The lowest BCUT2D eigenvalue weighted by Crippen LogP contribution is -2.62. The van der Waals surface area contributed by atoms with Crippen LogP contribution in [0.3, 0.4) is 0 Å². The minimum absolute atomic E-state index is 0.0223. The molecule has 14 atom stereocenters. The first kappa shape index (κ1) is 99.5. The number of aliphatic imine (C=N–C) groups is 3. The van der Waals surface area contributed by atoms with E-state index >= 15 is 9.59 Å². The van der Waals surface area contributed by atoms with Crippen LogP contribution in [0, 0.1) is 11.8 Å². The molecule has 14 amide bonds. The molecule has 0 radical (unpaired) electrons. The van der Waals surface area contributed by atoms with Gasteiger partial charge < -0.3 is 135 Å². The van der Waals surface area contributed by atoms with Gasteiger partial charge in [-0.15, -0.1) is 0 Å². The molecule has 1 saturated heterocycles. The second kappa shape index (κ2) is 53.5. The Balaban J connectivity index is 2.38. The smallest absolute Gasteiger partial charge is 0.326 e. The quantitative estimate of drug-likeness (QED) is 0.0104. The van der Waals surface area contributed by atoms with Crippen LogP contribution >= 0.6 is 21.6 Å². The Morgan fingerprint density at radius 1 is 0.513 bits per heavy atom. The number of carboxylic acids is 1. The molecule has 1 aliphatic rings. The van der Waals surface area contributed by atoms with Crippen molar-refractivity contribution in [1.29, 1.82) is 0 Å². The summed E-state index contributed by atoms with van der Waals surface area (Å²) in [6.07, 6.45) is -1.73. The Morgan fingerprint density at radius 3 is 1.50 bits per heavy atom. The van der Waals surface area contributed by atoms with Crippen molar-refractivity contribution in [1.82, 2.24) is 74.4 Å². The molecular weight excluding hydrogens is 1570 g/mol. The number of ether oxygens (including phenoxy) is 1. The number of carboxylic acid groups (broad SMARTS) is 1. The molecule has 44 nitrogen and oxygen atoms in total. The van der Waals surface area contributed by atoms with E-state index in [2.05, 4.69) is 89.4 Å². The number of hydrogen-bond acceptors (Lipinski definition) is 25. The number of rotatable bonds is 33. The van der Waals surface area contributed by atoms with Gasteiger partial charge in [-0.1, -0.05) is 123 Å². The van der Waals surface area contributed by atoms with Gasteiger partial charge >= 0.3 is 11.9 Å². The first-order valence-corrected chi connectivity index (χ1v) is 39.9. The summed E-state index contributed by atoms with van der Waals surface area (Å²) >= 11 is 0. The zero-order chi connectivity index (χ0) is 87.3. The zero-order valence-electron chi connectivity index (χ0n) is 65.7. The maximum Gasteiger partial charge on any atom is 0.326 e. The molecule has 3 rings (SSSR count). The van der Waals surface area contributed by atoms with Crippen LogP contribution in [-0.4, -0.2) is 271 Å². The minimum Gasteiger partial charge on any atom is -0.480 e. The number of hydrogen-bond donors (Lipinski definition) is 24. The lowest BCUT2D eigenvalue weighted by molar-refractivity contribution is -0.144. The fourth-order valence-corrected chi connectivity index (χ4v) is 13.2. The maximum absolute atomic E-state index is 15.2. The number of guanidine groups is 3. The largest absolute Gasteiger partial charge is 0.480 e. The number of carbonyl (C=O) groups excluding carboxylic acids is 15. The summed E-state index contributed by atoms with van der Waals surface area (Å²) in [7, 11) is 2.49. The average Bonchev–Trinajstić information content (AvgIpc) is 0.847. The van der Waals surface area contributed by atoms with E-state index < -0.39 is 230 Å². The minimum atomic E-state index is -1.89. The van der Waals surface area contributed by atoms with E-state index in [-0.39, 0.29) is 102 Å². The van der Waals surface area contributed by atoms with Gasteiger partial charge in [0.2, 0.25) is 82.7 Å². The number of benzene rings is 2. The monoisotopic (exact) mass is 1680 g/mol. The lowest BCUT2D eigenvalue weighted by Gasteiger charge is -2.30. The van der Waals surface area contributed by atoms with Crippen LogP contribution in [0.1, 0.15) is 96.6 Å². The van der Waals surface area contributed by atoms with Crippen LogP contribution in [0.15, 0.2) is 75.6 Å². The number of esters is 1. The predicted molar refractivity (Wildman–Crippen MR) is 431 cm³/mol. The standard InChI is InChI=1S/C71H112N24O20S2/c1-6-37(3)55-66(111)90-47(29-54(101)115-5)63(108)87-43(22-15-25-80-70(75)76)61(106)95-56(38(4)7-2)67(112)93-50(65(110)89-46(28-40-19-12-9-13-20-40)62(107)88-44(68(113)114)23-16-26-81-71(77)78)36-117-116-35-49(92-64(109)48(34-97)91-57(102)41(72)33-96)59(104)84-32-53(100)86-45(27-39-17-10-8-11-18-39)58(103)83-30-51(98)82-31-52(99)85-42(60(105)94-55)21-14-24-79-69(73)74/h8-13,17-20,37-38,41-50,55-56,96-97H,6-7,14-16,21-36,72H2,1-5H3,(H,82,98)(H,83,103)(H,84,104)(H,85,99)(H,86,100)(H,87,108)(H,88,107)(H,89,110)(H,90,111)(H,91,102)(H,92,109)(H,93,112)(H,94,105)(H,95,106)(H,113,114)(H4,73,74,79)(H4,75,76,80)(H4,77,78,81)/t37-,38-,41-,42+,43-,44+,45+,46+,47+,48-,49+,50+,55-,56+/m0/s1. The average molecular weight is 1690 g/mol. The molecule has 2 aromatic rings. The summed E-state index contributed by atoms with van der Waals surface area (Å²) in [5.74, 6) is -20.9. The fourth-order valence-electron chi connectivity index (χ4n) is 10.9. The second-order valence-corrected chi connectivity index (χ2v) is 29.6. The molecule has 0 aliphatic carbocycles. The molecule has 0 spiro atoms. The van der Waals surface area contributed by atoms with Gasteiger partial charge in [0, 0.05) is 44.0 Å². The molecule has 0 saturated carbocycles. The Hall–Kier alpha value is -11.6. The normalized spacial score (nSPS) is 21.2. The molecule has 2 aromatic carbocycles. The lowest BCUT2D eigenvalue weighted by atomic mass is 9.96. The fraction of sp³-hybridized carbons (Fsp3) is 0.563. The Bertz CT molecular complexity index is 3770. The second-order valence-electron chi connectivity index (χ2n) is 27.0. The first-order chi connectivity index (χ1) is 55.5. The molecule has 1 heterocycles. The van der Waals surface area contributed by atoms with Crippen LogP contribution in [0.5, 0.6) is 0 Å². The number of nitrogens with two attached hydrogens (primary N) is 7. The van der Waals surface area contributed by atoms with Crippen molar-refractivity contribution >= 4 is 134 Å². The van der Waals surface area contributed by atoms with E-state index in [1.165, 1.54) is 0 Å². The third-order valence-electron chi connectivity index (χ3n) is 17.9. The highest BCUT2D eigenvalue weighted by molar-refractivity contribution is 8.76. The van der Waals surface area contributed by atoms with Gasteiger partial charge in [-0.05, 0) is 61.5 Å². The van der Waals surface area contributed by atoms with Gasteiger partial charge in [0.05, 0.1) is 46.4 Å². The number of amides is 14. The van der Waals surface area contributed by atoms with Crippen molar-refractivity contribution in [2.24, 2.45) is 66.9 Å². The van der Waals surface area contributed by atoms with Crippen molar-refractivity contribution in [2.75, 3.05) is 71.1 Å². The Kier molecular flexibility index (Phi) is 45.5. The maximum atomic E-state index is 15.2. The van der Waals surface area contributed by atoms with Crippen LogP contribution < -0.4 is 115 Å². The molecule has 0 unspecified atom stereocenters. The van der Waals surface area contributed by atoms with E-state index in [9.17, 15) is 82.4 Å². The molecule has 1 aliphatic heterocycles. The van der Waals surface area contributed by atoms with Gasteiger partial charge in [0.1, 0.15) is 72.5 Å². The molecule has 117 heavy (non-hydrogen) atoms. The third kappa shape index (κ3) is 38.1. The molecule has 1 fully saturated rings. The van der Waals surface area contributed by atoms with Gasteiger partial charge in [0.15, 0.2) is 17.9 Å². The highest BCUT2D eigenvalue weighted by Crippen LogP contribution is 2.24. The van der Waals surface area contributed by atoms with E-state index in [0.717, 1.165) is 28.7 Å². The Morgan fingerprint density at radius 2 is 0.983 bits per heavy atom. The molecule has 648 valence electrons. The van der Waals surface area contributed by atoms with Gasteiger partial charge in [-0.25, -0.2) is 4.79 Å². The molecule has 31 N–H and O–H groups in total. The molecule has 46 heteroatoms. The van der Waals surface area contributed by atoms with Crippen LogP contribution in [-0.2, 0) is 94.3 Å². The summed E-state index contributed by atoms with van der Waals surface area (Å²) in [4.78, 5) is 237. The number of nitrogens with zero attached hydrogens (tertiary/aromatic N) is 3. The van der Waals surface area contributed by atoms with E-state index in [1.54, 1.807) is 88.4 Å². The molecule has 0 aromatic heterocycles. The number of carbonyl (C=O) groups is 16. The summed E-state index contributed by atoms with van der Waals surface area (Å²) in [5.41, 5.74) is 39.8. The van der Waals surface area contributed by atoms with Crippen molar-refractivity contribution in [3.05, 3.63) is 71.8 Å². The Labute approximate surface area is 683 Å². The highest BCUT2D eigenvalue weighted by atomic mass is 33.1. The third-order valence-corrected chi connectivity index (χ3v) is 20.3. The molecule has 0 bridgehead atoms. The predicted octanol–water partition coefficient (Wildman–Crippen LogP) is -9.24. The van der Waals surface area contributed by atoms with Crippen molar-refractivity contribution in [3.8, 4) is 0 Å². The van der Waals surface area contributed by atoms with Crippen molar-refractivity contribution in [3.63, 3.8) is 0 Å². The van der Waals surface area contributed by atoms with Crippen LogP contribution in [0.25, 0.3) is 0 Å². The summed E-state index contributed by atoms with van der Waals surface area (Å²) in [5, 5.41) is 64.6. The van der Waals surface area contributed by atoms with E-state index in [1.807, 2.05) is 0 Å². The van der Waals surface area contributed by atoms with Gasteiger partial charge in [0.25, 0.3) is 0 Å². The van der Waals surface area contributed by atoms with Crippen molar-refractivity contribution in [2.45, 2.75) is 171 Å². The van der Waals surface area contributed by atoms with E-state index in [4.69, 9.17) is 44.9 Å². The van der Waals surface area contributed by atoms with E-state index in [0.29, 0.717) is 11.1 Å². The van der Waals surface area contributed by atoms with Crippen LogP contribution in [0.4, 0.5) is 0 Å². The topological polar surface area (TPSA) is 731 Å². The van der Waals surface area contributed by atoms with Gasteiger partial charge in [-0.2, -0.15) is 0 Å². The SMILES string of the molecule is CC[C@H](C)[C@@H]1NC(=O)[C@@H](CCCN=C(N)N)NC(=O)CNC(=O)CNC(=O)[C@@H](Cc2ccccc2)NC(=O)CNC(=O)[C@H](NC(=O)[C@H](CO)NC(=O)[C@@H](N)CO)CSSC[C@H](C(=O)N[C@H](Cc2ccccc2)C(=O)N[C@H](CCCN=C(N)N)C(=O)O)NC(=O)[C@@H]([C@@H](C)CC)NC(=O)[C@H](CCCN=C(N)N)NC(=O)[C@@H](CC(=O)OC)NC1=O. The number of aliphatic hydroxyl groups excluding tert-OH is 2. The van der Waals surface area contributed by atoms with Crippen LogP contribution in [0.2, 0.25) is 0 Å². The number of aliphatic hydroxyl groups is 2. The summed E-state index contributed by atoms with van der Waals surface area (Å²) < 4.78 is 4.89. The highest BCUT2D eigenvalue weighted by Gasteiger charge is 2.39. The van der Waals surface area contributed by atoms with Crippen molar-refractivity contribution < 1.29 is 96.8 Å². The summed E-state index contributed by atoms with van der Waals surface area (Å²) in [6.45, 7) is 1.67. The van der Waals surface area contributed by atoms with Gasteiger partial charge in [-0.3, -0.25) is 86.9 Å². The number of methoxy groups -OCH3 is 1. The number of nitrogens with one attached hydrogen (secondary N) is 14.